The van der Waals surface area contributed by atoms with E-state index in [4.69, 9.17) is 9.68 Å². The van der Waals surface area contributed by atoms with E-state index in [1.807, 2.05) is 0 Å². The molecule has 6 nitrogen and oxygen atoms in total. The van der Waals surface area contributed by atoms with Gasteiger partial charge in [-0.25, -0.2) is 4.79 Å². The summed E-state index contributed by atoms with van der Waals surface area (Å²) >= 11 is 0. The molecule has 1 atom stereocenters. The summed E-state index contributed by atoms with van der Waals surface area (Å²) in [6.45, 7) is 1.65. The Morgan fingerprint density at radius 1 is 1.27 bits per heavy atom. The van der Waals surface area contributed by atoms with E-state index < -0.39 is 17.5 Å². The number of nitrogens with one attached hydrogen (secondary N) is 1. The number of carbonyl (C=O) groups excluding carboxylic acids is 2. The SMILES string of the molecule is CC1(c2ccco2)NC(=O)N(Cc2ccccc2C#N)C1=O. The molecule has 0 radical (unpaired) electrons. The lowest BCUT2D eigenvalue weighted by Crippen LogP contribution is -2.40. The fourth-order valence-corrected chi connectivity index (χ4v) is 2.51. The third-order valence-corrected chi connectivity index (χ3v) is 3.76. The molecule has 0 bridgehead atoms. The molecule has 22 heavy (non-hydrogen) atoms. The second-order valence-electron chi connectivity index (χ2n) is 5.19. The van der Waals surface area contributed by atoms with Crippen LogP contribution in [0.3, 0.4) is 0 Å². The highest BCUT2D eigenvalue weighted by molar-refractivity contribution is 6.06. The van der Waals surface area contributed by atoms with Gasteiger partial charge in [0, 0.05) is 0 Å². The van der Waals surface area contributed by atoms with Gasteiger partial charge in [-0.05, 0) is 30.7 Å². The molecule has 3 rings (SSSR count). The molecule has 6 heteroatoms. The quantitative estimate of drug-likeness (QED) is 0.879. The van der Waals surface area contributed by atoms with Crippen molar-refractivity contribution in [2.75, 3.05) is 0 Å². The maximum absolute atomic E-state index is 12.6. The number of urea groups is 1. The first kappa shape index (κ1) is 13.9. The molecule has 0 spiro atoms. The predicted octanol–water partition coefficient (Wildman–Crippen LogP) is 2.12. The number of rotatable bonds is 3. The summed E-state index contributed by atoms with van der Waals surface area (Å²) in [5.74, 6) is -0.0258. The Bertz CT molecular complexity index is 776. The van der Waals surface area contributed by atoms with Crippen LogP contribution in [0, 0.1) is 11.3 Å². The lowest BCUT2D eigenvalue weighted by atomic mass is 9.99. The molecular weight excluding hydrogens is 282 g/mol. The largest absolute Gasteiger partial charge is 0.466 e. The minimum absolute atomic E-state index is 0.0463. The summed E-state index contributed by atoms with van der Waals surface area (Å²) in [6, 6.07) is 11.7. The van der Waals surface area contributed by atoms with Gasteiger partial charge in [-0.15, -0.1) is 0 Å². The maximum atomic E-state index is 12.6. The van der Waals surface area contributed by atoms with Gasteiger partial charge in [-0.1, -0.05) is 18.2 Å². The average Bonchev–Trinajstić information content (AvgIpc) is 3.12. The van der Waals surface area contributed by atoms with Crippen molar-refractivity contribution in [2.45, 2.75) is 19.0 Å². The van der Waals surface area contributed by atoms with Crippen molar-refractivity contribution in [1.82, 2.24) is 10.2 Å². The molecule has 0 aliphatic carbocycles. The second-order valence-corrected chi connectivity index (χ2v) is 5.19. The molecule has 3 amide bonds. The summed E-state index contributed by atoms with van der Waals surface area (Å²) < 4.78 is 5.27. The molecule has 1 unspecified atom stereocenters. The van der Waals surface area contributed by atoms with Gasteiger partial charge in [-0.3, -0.25) is 9.69 Å². The maximum Gasteiger partial charge on any atom is 0.325 e. The van der Waals surface area contributed by atoms with E-state index in [9.17, 15) is 9.59 Å². The summed E-state index contributed by atoms with van der Waals surface area (Å²) in [6.07, 6.45) is 1.45. The number of imide groups is 1. The van der Waals surface area contributed by atoms with Gasteiger partial charge in [0.1, 0.15) is 5.76 Å². The van der Waals surface area contributed by atoms with Crippen LogP contribution in [0.2, 0.25) is 0 Å². The highest BCUT2D eigenvalue weighted by atomic mass is 16.3. The minimum atomic E-state index is -1.22. The standard InChI is InChI=1S/C16H13N3O3/c1-16(13-7-4-8-22-13)14(20)19(15(21)18-16)10-12-6-3-2-5-11(12)9-17/h2-8H,10H2,1H3,(H,18,21). The molecule has 2 heterocycles. The Labute approximate surface area is 126 Å². The van der Waals surface area contributed by atoms with Crippen LogP contribution in [0.25, 0.3) is 0 Å². The third kappa shape index (κ3) is 2.04. The molecule has 1 saturated heterocycles. The molecule has 1 aliphatic rings. The molecule has 1 aromatic carbocycles. The molecule has 110 valence electrons. The first-order chi connectivity index (χ1) is 10.6. The average molecular weight is 295 g/mol. The lowest BCUT2D eigenvalue weighted by Gasteiger charge is -2.19. The van der Waals surface area contributed by atoms with Crippen molar-refractivity contribution in [3.63, 3.8) is 0 Å². The van der Waals surface area contributed by atoms with Gasteiger partial charge in [0.2, 0.25) is 0 Å². The number of nitrogens with zero attached hydrogens (tertiary/aromatic N) is 2. The number of amides is 3. The van der Waals surface area contributed by atoms with Crippen LogP contribution in [0.1, 0.15) is 23.8 Å². The number of hydrogen-bond donors (Lipinski definition) is 1. The van der Waals surface area contributed by atoms with Crippen LogP contribution >= 0.6 is 0 Å². The summed E-state index contributed by atoms with van der Waals surface area (Å²) in [5, 5.41) is 11.8. The van der Waals surface area contributed by atoms with Crippen LogP contribution < -0.4 is 5.32 Å². The summed E-state index contributed by atoms with van der Waals surface area (Å²) in [5.41, 5.74) is -0.158. The van der Waals surface area contributed by atoms with Gasteiger partial charge in [0.25, 0.3) is 5.91 Å². The molecular formula is C16H13N3O3. The second kappa shape index (κ2) is 5.04. The van der Waals surface area contributed by atoms with Crippen molar-refractivity contribution in [2.24, 2.45) is 0 Å². The van der Waals surface area contributed by atoms with E-state index in [-0.39, 0.29) is 6.54 Å². The minimum Gasteiger partial charge on any atom is -0.466 e. The van der Waals surface area contributed by atoms with Gasteiger partial charge >= 0.3 is 6.03 Å². The fraction of sp³-hybridized carbons (Fsp3) is 0.188. The van der Waals surface area contributed by atoms with Crippen molar-refractivity contribution in [1.29, 1.82) is 5.26 Å². The van der Waals surface area contributed by atoms with Crippen molar-refractivity contribution >= 4 is 11.9 Å². The van der Waals surface area contributed by atoms with E-state index in [2.05, 4.69) is 11.4 Å². The van der Waals surface area contributed by atoms with E-state index in [1.54, 1.807) is 43.3 Å². The van der Waals surface area contributed by atoms with E-state index >= 15 is 0 Å². The molecule has 0 saturated carbocycles. The number of furan rings is 1. The number of benzene rings is 1. The van der Waals surface area contributed by atoms with E-state index in [1.165, 1.54) is 6.26 Å². The zero-order chi connectivity index (χ0) is 15.7. The normalized spacial score (nSPS) is 20.8. The number of hydrogen-bond acceptors (Lipinski definition) is 4. The summed E-state index contributed by atoms with van der Waals surface area (Å²) in [4.78, 5) is 25.9. The van der Waals surface area contributed by atoms with Gasteiger partial charge in [0.15, 0.2) is 5.54 Å². The molecule has 1 fully saturated rings. The molecule has 1 N–H and O–H groups in total. The Morgan fingerprint density at radius 2 is 2.05 bits per heavy atom. The first-order valence-corrected chi connectivity index (χ1v) is 6.72. The van der Waals surface area contributed by atoms with Gasteiger partial charge in [0.05, 0.1) is 24.4 Å². The van der Waals surface area contributed by atoms with Crippen molar-refractivity contribution in [3.8, 4) is 6.07 Å². The van der Waals surface area contributed by atoms with Crippen LogP contribution in [-0.2, 0) is 16.9 Å². The Morgan fingerprint density at radius 3 is 2.73 bits per heavy atom. The Balaban J connectivity index is 1.92. The van der Waals surface area contributed by atoms with Crippen molar-refractivity contribution < 1.29 is 14.0 Å². The van der Waals surface area contributed by atoms with Crippen LogP contribution in [0.15, 0.2) is 47.1 Å². The summed E-state index contributed by atoms with van der Waals surface area (Å²) in [7, 11) is 0. The lowest BCUT2D eigenvalue weighted by molar-refractivity contribution is -0.132. The fourth-order valence-electron chi connectivity index (χ4n) is 2.51. The first-order valence-electron chi connectivity index (χ1n) is 6.72. The van der Waals surface area contributed by atoms with Gasteiger partial charge < -0.3 is 9.73 Å². The van der Waals surface area contributed by atoms with Crippen LogP contribution in [0.4, 0.5) is 4.79 Å². The zero-order valence-electron chi connectivity index (χ0n) is 11.9. The predicted molar refractivity (Wildman–Crippen MR) is 76.3 cm³/mol. The zero-order valence-corrected chi connectivity index (χ0v) is 11.9. The highest BCUT2D eigenvalue weighted by Crippen LogP contribution is 2.30. The van der Waals surface area contributed by atoms with Crippen LogP contribution in [0.5, 0.6) is 0 Å². The third-order valence-electron chi connectivity index (χ3n) is 3.76. The van der Waals surface area contributed by atoms with E-state index in [0.717, 1.165) is 4.90 Å². The smallest absolute Gasteiger partial charge is 0.325 e. The number of carbonyl (C=O) groups is 2. The number of nitriles is 1. The Hall–Kier alpha value is -3.07. The molecule has 2 aromatic rings. The molecule has 1 aliphatic heterocycles. The van der Waals surface area contributed by atoms with Crippen molar-refractivity contribution in [3.05, 3.63) is 59.5 Å². The highest BCUT2D eigenvalue weighted by Gasteiger charge is 2.50. The van der Waals surface area contributed by atoms with E-state index in [0.29, 0.717) is 16.9 Å². The van der Waals surface area contributed by atoms with Crippen LogP contribution in [-0.4, -0.2) is 16.8 Å². The molecule has 1 aromatic heterocycles. The Kier molecular flexibility index (Phi) is 3.18. The monoisotopic (exact) mass is 295 g/mol. The van der Waals surface area contributed by atoms with Gasteiger partial charge in [-0.2, -0.15) is 5.26 Å². The topological polar surface area (TPSA) is 86.3 Å².